The lowest BCUT2D eigenvalue weighted by atomic mass is 9.82. The van der Waals surface area contributed by atoms with Gasteiger partial charge in [-0.05, 0) is 37.6 Å². The zero-order valence-electron chi connectivity index (χ0n) is 8.72. The first-order valence-corrected chi connectivity index (χ1v) is 5.71. The standard InChI is InChI=1S/C12H14ClNO/c1-11-8-14-7-6-12(11,15-11)9-2-4-10(13)5-3-9/h2-5,14H,6-8H2,1H3. The lowest BCUT2D eigenvalue weighted by molar-refractivity contribution is 0.276. The maximum Gasteiger partial charge on any atom is 0.125 e. The zero-order valence-corrected chi connectivity index (χ0v) is 9.47. The van der Waals surface area contributed by atoms with Crippen molar-refractivity contribution in [2.75, 3.05) is 13.1 Å². The molecule has 2 unspecified atom stereocenters. The zero-order chi connectivity index (χ0) is 10.5. The highest BCUT2D eigenvalue weighted by Gasteiger charge is 2.68. The lowest BCUT2D eigenvalue weighted by Gasteiger charge is -2.23. The summed E-state index contributed by atoms with van der Waals surface area (Å²) >= 11 is 5.89. The minimum Gasteiger partial charge on any atom is -0.356 e. The molecule has 15 heavy (non-hydrogen) atoms. The summed E-state index contributed by atoms with van der Waals surface area (Å²) in [7, 11) is 0. The second-order valence-corrected chi connectivity index (χ2v) is 5.03. The molecule has 1 aromatic carbocycles. The predicted molar refractivity (Wildman–Crippen MR) is 60.1 cm³/mol. The molecule has 0 aliphatic carbocycles. The predicted octanol–water partition coefficient (Wildman–Crippen LogP) is 2.32. The van der Waals surface area contributed by atoms with Gasteiger partial charge in [0.2, 0.25) is 0 Å². The van der Waals surface area contributed by atoms with E-state index in [1.807, 2.05) is 12.1 Å². The fourth-order valence-electron chi connectivity index (χ4n) is 2.67. The van der Waals surface area contributed by atoms with E-state index >= 15 is 0 Å². The minimum absolute atomic E-state index is 0.0148. The Morgan fingerprint density at radius 1 is 1.33 bits per heavy atom. The molecule has 3 heteroatoms. The Labute approximate surface area is 94.6 Å². The van der Waals surface area contributed by atoms with Gasteiger partial charge in [-0.1, -0.05) is 23.7 Å². The first-order chi connectivity index (χ1) is 7.16. The molecule has 0 spiro atoms. The fraction of sp³-hybridized carbons (Fsp3) is 0.500. The summed E-state index contributed by atoms with van der Waals surface area (Å²) in [5, 5.41) is 4.16. The molecule has 0 radical (unpaired) electrons. The molecule has 80 valence electrons. The number of epoxide rings is 1. The molecule has 2 aliphatic heterocycles. The Balaban J connectivity index is 1.97. The van der Waals surface area contributed by atoms with Crippen LogP contribution in [0.3, 0.4) is 0 Å². The first kappa shape index (κ1) is 9.64. The van der Waals surface area contributed by atoms with E-state index in [1.165, 1.54) is 5.56 Å². The van der Waals surface area contributed by atoms with E-state index in [1.54, 1.807) is 0 Å². The van der Waals surface area contributed by atoms with Crippen LogP contribution in [0.4, 0.5) is 0 Å². The summed E-state index contributed by atoms with van der Waals surface area (Å²) in [6, 6.07) is 8.04. The van der Waals surface area contributed by atoms with Crippen LogP contribution in [-0.2, 0) is 10.3 Å². The quantitative estimate of drug-likeness (QED) is 0.739. The third-order valence-corrected chi connectivity index (χ3v) is 3.89. The summed E-state index contributed by atoms with van der Waals surface area (Å²) in [6.45, 7) is 4.14. The first-order valence-electron chi connectivity index (χ1n) is 5.33. The molecular formula is C12H14ClNO. The smallest absolute Gasteiger partial charge is 0.125 e. The van der Waals surface area contributed by atoms with E-state index in [4.69, 9.17) is 16.3 Å². The van der Waals surface area contributed by atoms with E-state index < -0.39 is 0 Å². The van der Waals surface area contributed by atoms with Crippen LogP contribution in [0, 0.1) is 0 Å². The Bertz CT molecular complexity index is 387. The maximum atomic E-state index is 5.97. The van der Waals surface area contributed by atoms with Gasteiger partial charge >= 0.3 is 0 Å². The molecule has 0 saturated carbocycles. The van der Waals surface area contributed by atoms with E-state index in [-0.39, 0.29) is 11.2 Å². The molecule has 0 aromatic heterocycles. The van der Waals surface area contributed by atoms with E-state index in [2.05, 4.69) is 24.4 Å². The topological polar surface area (TPSA) is 24.6 Å². The number of rotatable bonds is 1. The highest BCUT2D eigenvalue weighted by atomic mass is 35.5. The molecule has 2 fully saturated rings. The van der Waals surface area contributed by atoms with Gasteiger partial charge in [0, 0.05) is 11.6 Å². The van der Waals surface area contributed by atoms with E-state index in [0.29, 0.717) is 0 Å². The molecule has 2 atom stereocenters. The second kappa shape index (κ2) is 2.97. The fourth-order valence-corrected chi connectivity index (χ4v) is 2.80. The van der Waals surface area contributed by atoms with Crippen LogP contribution in [-0.4, -0.2) is 18.7 Å². The van der Waals surface area contributed by atoms with Crippen molar-refractivity contribution in [3.63, 3.8) is 0 Å². The third kappa shape index (κ3) is 1.25. The van der Waals surface area contributed by atoms with Crippen molar-refractivity contribution in [3.05, 3.63) is 34.9 Å². The number of fused-ring (bicyclic) bond motifs is 1. The molecule has 2 saturated heterocycles. The van der Waals surface area contributed by atoms with Crippen molar-refractivity contribution in [2.24, 2.45) is 0 Å². The normalized spacial score (nSPS) is 38.5. The number of nitrogens with one attached hydrogen (secondary N) is 1. The van der Waals surface area contributed by atoms with Crippen molar-refractivity contribution in [2.45, 2.75) is 24.5 Å². The summed E-state index contributed by atoms with van der Waals surface area (Å²) in [5.74, 6) is 0. The van der Waals surface area contributed by atoms with Crippen LogP contribution >= 0.6 is 11.6 Å². The third-order valence-electron chi connectivity index (χ3n) is 3.64. The van der Waals surface area contributed by atoms with Crippen LogP contribution in [0.1, 0.15) is 18.9 Å². The number of ether oxygens (including phenoxy) is 1. The van der Waals surface area contributed by atoms with Crippen molar-refractivity contribution in [1.29, 1.82) is 0 Å². The number of hydrogen-bond acceptors (Lipinski definition) is 2. The summed E-state index contributed by atoms with van der Waals surface area (Å²) in [6.07, 6.45) is 1.05. The molecule has 2 aliphatic rings. The van der Waals surface area contributed by atoms with Crippen LogP contribution in [0.5, 0.6) is 0 Å². The van der Waals surface area contributed by atoms with Gasteiger partial charge in [0.05, 0.1) is 0 Å². The Morgan fingerprint density at radius 3 is 2.73 bits per heavy atom. The van der Waals surface area contributed by atoms with Crippen molar-refractivity contribution < 1.29 is 4.74 Å². The highest BCUT2D eigenvalue weighted by molar-refractivity contribution is 6.30. The summed E-state index contributed by atoms with van der Waals surface area (Å²) in [5.41, 5.74) is 1.19. The monoisotopic (exact) mass is 223 g/mol. The summed E-state index contributed by atoms with van der Waals surface area (Å²) in [4.78, 5) is 0. The number of piperidine rings is 1. The second-order valence-electron chi connectivity index (χ2n) is 4.59. The molecular weight excluding hydrogens is 210 g/mol. The van der Waals surface area contributed by atoms with Gasteiger partial charge in [0.25, 0.3) is 0 Å². The Hall–Kier alpha value is -0.570. The molecule has 0 bridgehead atoms. The van der Waals surface area contributed by atoms with Crippen LogP contribution < -0.4 is 5.32 Å². The maximum absolute atomic E-state index is 5.97. The average Bonchev–Trinajstić information content (AvgIpc) is 2.86. The van der Waals surface area contributed by atoms with Gasteiger partial charge in [-0.25, -0.2) is 0 Å². The van der Waals surface area contributed by atoms with Crippen LogP contribution in [0.25, 0.3) is 0 Å². The van der Waals surface area contributed by atoms with Gasteiger partial charge in [0.15, 0.2) is 0 Å². The average molecular weight is 224 g/mol. The van der Waals surface area contributed by atoms with Gasteiger partial charge < -0.3 is 10.1 Å². The minimum atomic E-state index is -0.0527. The SMILES string of the molecule is CC12CNCCC1(c1ccc(Cl)cc1)O2. The number of hydrogen-bond donors (Lipinski definition) is 1. The Morgan fingerprint density at radius 2 is 2.07 bits per heavy atom. The largest absolute Gasteiger partial charge is 0.356 e. The highest BCUT2D eigenvalue weighted by Crippen LogP contribution is 2.58. The molecule has 0 amide bonds. The number of benzene rings is 1. The van der Waals surface area contributed by atoms with E-state index in [0.717, 1.165) is 24.5 Å². The molecule has 1 N–H and O–H groups in total. The molecule has 3 rings (SSSR count). The molecule has 2 nitrogen and oxygen atoms in total. The Kier molecular flexibility index (Phi) is 1.91. The van der Waals surface area contributed by atoms with Crippen molar-refractivity contribution in [3.8, 4) is 0 Å². The van der Waals surface area contributed by atoms with E-state index in [9.17, 15) is 0 Å². The summed E-state index contributed by atoms with van der Waals surface area (Å²) < 4.78 is 5.97. The van der Waals surface area contributed by atoms with Gasteiger partial charge in [0.1, 0.15) is 11.2 Å². The van der Waals surface area contributed by atoms with Crippen LogP contribution in [0.15, 0.2) is 24.3 Å². The van der Waals surface area contributed by atoms with Gasteiger partial charge in [-0.3, -0.25) is 0 Å². The molecule has 2 heterocycles. The van der Waals surface area contributed by atoms with Crippen LogP contribution in [0.2, 0.25) is 5.02 Å². The van der Waals surface area contributed by atoms with Crippen molar-refractivity contribution in [1.82, 2.24) is 5.32 Å². The lowest BCUT2D eigenvalue weighted by Crippen LogP contribution is -2.40. The van der Waals surface area contributed by atoms with Gasteiger partial charge in [-0.2, -0.15) is 0 Å². The van der Waals surface area contributed by atoms with Crippen molar-refractivity contribution >= 4 is 11.6 Å². The number of halogens is 1. The molecule has 1 aromatic rings. The van der Waals surface area contributed by atoms with Gasteiger partial charge in [-0.15, -0.1) is 0 Å².